The van der Waals surface area contributed by atoms with E-state index in [9.17, 15) is 5.11 Å². The van der Waals surface area contributed by atoms with Crippen LogP contribution in [0, 0.1) is 0 Å². The second-order valence-corrected chi connectivity index (χ2v) is 6.39. The number of aliphatic hydroxyl groups is 1. The van der Waals surface area contributed by atoms with Gasteiger partial charge in [-0.15, -0.1) is 5.10 Å². The Bertz CT molecular complexity index is 330. The largest absolute Gasteiger partial charge is 0.387 e. The Hall–Kier alpha value is -0.480. The van der Waals surface area contributed by atoms with Crippen LogP contribution in [0.3, 0.4) is 0 Å². The first kappa shape index (κ1) is 14.6. The van der Waals surface area contributed by atoms with Gasteiger partial charge in [0, 0.05) is 5.41 Å². The lowest BCUT2D eigenvalue weighted by atomic mass is 9.90. The van der Waals surface area contributed by atoms with Gasteiger partial charge in [-0.05, 0) is 18.0 Å². The van der Waals surface area contributed by atoms with Crippen molar-refractivity contribution in [2.24, 2.45) is 0 Å². The fourth-order valence-electron chi connectivity index (χ4n) is 1.83. The third-order valence-electron chi connectivity index (χ3n) is 2.86. The van der Waals surface area contributed by atoms with E-state index < -0.39 is 0 Å². The molecule has 3 nitrogen and oxygen atoms in total. The lowest BCUT2D eigenvalue weighted by Crippen LogP contribution is -2.15. The molecule has 1 aromatic heterocycles. The quantitative estimate of drug-likeness (QED) is 0.787. The van der Waals surface area contributed by atoms with Crippen LogP contribution in [0.4, 0.5) is 0 Å². The molecule has 17 heavy (non-hydrogen) atoms. The summed E-state index contributed by atoms with van der Waals surface area (Å²) in [5, 5.41) is 14.3. The predicted octanol–water partition coefficient (Wildman–Crippen LogP) is 3.84. The average Bonchev–Trinajstić information content (AvgIpc) is 2.72. The van der Waals surface area contributed by atoms with Gasteiger partial charge in [0.05, 0.1) is 16.7 Å². The molecule has 0 aliphatic carbocycles. The fraction of sp³-hybridized carbons (Fsp3) is 0.846. The van der Waals surface area contributed by atoms with Gasteiger partial charge in [0.1, 0.15) is 0 Å². The maximum atomic E-state index is 10.2. The van der Waals surface area contributed by atoms with E-state index in [2.05, 4.69) is 37.3 Å². The highest BCUT2D eigenvalue weighted by atomic mass is 32.1. The first-order valence-electron chi connectivity index (χ1n) is 6.47. The molecule has 0 aliphatic heterocycles. The molecule has 0 saturated heterocycles. The molecule has 1 atom stereocenters. The molecule has 1 unspecified atom stereocenters. The average molecular weight is 256 g/mol. The Morgan fingerprint density at radius 3 is 2.53 bits per heavy atom. The molecular weight excluding hydrogens is 232 g/mol. The van der Waals surface area contributed by atoms with Gasteiger partial charge in [-0.1, -0.05) is 57.9 Å². The molecule has 1 aromatic rings. The highest BCUT2D eigenvalue weighted by Gasteiger charge is 2.25. The van der Waals surface area contributed by atoms with E-state index in [0.717, 1.165) is 23.4 Å². The van der Waals surface area contributed by atoms with Gasteiger partial charge < -0.3 is 5.11 Å². The zero-order valence-electron chi connectivity index (χ0n) is 11.4. The first-order valence-corrected chi connectivity index (χ1v) is 7.25. The van der Waals surface area contributed by atoms with Gasteiger partial charge in [0.2, 0.25) is 0 Å². The topological polar surface area (TPSA) is 46.0 Å². The molecule has 0 bridgehead atoms. The number of aliphatic hydroxyl groups excluding tert-OH is 1. The van der Waals surface area contributed by atoms with Gasteiger partial charge in [0.25, 0.3) is 0 Å². The van der Waals surface area contributed by atoms with Crippen molar-refractivity contribution < 1.29 is 5.11 Å². The van der Waals surface area contributed by atoms with Crippen LogP contribution in [0.25, 0.3) is 0 Å². The van der Waals surface area contributed by atoms with Gasteiger partial charge in [-0.2, -0.15) is 0 Å². The van der Waals surface area contributed by atoms with Crippen LogP contribution in [0.1, 0.15) is 76.5 Å². The van der Waals surface area contributed by atoms with Gasteiger partial charge in [-0.3, -0.25) is 0 Å². The summed E-state index contributed by atoms with van der Waals surface area (Å²) in [5.41, 5.74) is 0.915. The second-order valence-electron chi connectivity index (χ2n) is 5.60. The smallest absolute Gasteiger partial charge is 0.0917 e. The number of rotatable bonds is 6. The lowest BCUT2D eigenvalue weighted by molar-refractivity contribution is 0.164. The van der Waals surface area contributed by atoms with Crippen LogP contribution in [-0.2, 0) is 5.41 Å². The summed E-state index contributed by atoms with van der Waals surface area (Å²) in [7, 11) is 0. The summed E-state index contributed by atoms with van der Waals surface area (Å²) in [5.74, 6) is 0. The molecule has 0 aromatic carbocycles. The number of hydrogen-bond donors (Lipinski definition) is 1. The Morgan fingerprint density at radius 2 is 1.94 bits per heavy atom. The highest BCUT2D eigenvalue weighted by Crippen LogP contribution is 2.32. The second kappa shape index (κ2) is 6.45. The SMILES string of the molecule is CCCCCCC(O)c1snnc1C(C)(C)C. The fourth-order valence-corrected chi connectivity index (χ4v) is 2.71. The summed E-state index contributed by atoms with van der Waals surface area (Å²) in [6.07, 6.45) is 5.19. The van der Waals surface area contributed by atoms with Crippen molar-refractivity contribution in [2.45, 2.75) is 71.3 Å². The molecule has 0 saturated carbocycles. The minimum absolute atomic E-state index is 0.0350. The molecule has 1 N–H and O–H groups in total. The molecule has 98 valence electrons. The van der Waals surface area contributed by atoms with Crippen molar-refractivity contribution in [1.82, 2.24) is 9.59 Å². The van der Waals surface area contributed by atoms with Crippen LogP contribution < -0.4 is 0 Å². The third-order valence-corrected chi connectivity index (χ3v) is 3.68. The van der Waals surface area contributed by atoms with Crippen LogP contribution >= 0.6 is 11.5 Å². The summed E-state index contributed by atoms with van der Waals surface area (Å²) in [6, 6.07) is 0. The van der Waals surface area contributed by atoms with Crippen LogP contribution in [0.5, 0.6) is 0 Å². The zero-order valence-corrected chi connectivity index (χ0v) is 12.2. The molecule has 0 radical (unpaired) electrons. The molecule has 4 heteroatoms. The molecule has 0 amide bonds. The summed E-state index contributed by atoms with van der Waals surface area (Å²) < 4.78 is 3.99. The minimum Gasteiger partial charge on any atom is -0.387 e. The van der Waals surface area contributed by atoms with Crippen molar-refractivity contribution in [2.75, 3.05) is 0 Å². The number of aromatic nitrogens is 2. The van der Waals surface area contributed by atoms with E-state index in [0.29, 0.717) is 0 Å². The van der Waals surface area contributed by atoms with Gasteiger partial charge >= 0.3 is 0 Å². The Kier molecular flexibility index (Phi) is 5.53. The Labute approximate surface area is 108 Å². The Morgan fingerprint density at radius 1 is 1.24 bits per heavy atom. The molecule has 1 heterocycles. The van der Waals surface area contributed by atoms with Crippen molar-refractivity contribution in [3.8, 4) is 0 Å². The number of unbranched alkanes of at least 4 members (excludes halogenated alkanes) is 3. The number of hydrogen-bond acceptors (Lipinski definition) is 4. The maximum absolute atomic E-state index is 10.2. The highest BCUT2D eigenvalue weighted by molar-refractivity contribution is 7.05. The van der Waals surface area contributed by atoms with E-state index in [4.69, 9.17) is 0 Å². The Balaban J connectivity index is 2.57. The van der Waals surface area contributed by atoms with Crippen LogP contribution in [0.15, 0.2) is 0 Å². The molecule has 0 spiro atoms. The van der Waals surface area contributed by atoms with Crippen molar-refractivity contribution >= 4 is 11.5 Å². The molecule has 1 rings (SSSR count). The minimum atomic E-state index is -0.388. The lowest BCUT2D eigenvalue weighted by Gasteiger charge is -2.18. The van der Waals surface area contributed by atoms with E-state index in [1.54, 1.807) is 0 Å². The molecular formula is C13H24N2OS. The van der Waals surface area contributed by atoms with E-state index >= 15 is 0 Å². The van der Waals surface area contributed by atoms with Crippen LogP contribution in [-0.4, -0.2) is 14.7 Å². The third kappa shape index (κ3) is 4.36. The monoisotopic (exact) mass is 256 g/mol. The summed E-state index contributed by atoms with van der Waals surface area (Å²) >= 11 is 1.34. The van der Waals surface area contributed by atoms with E-state index in [1.807, 2.05) is 0 Å². The van der Waals surface area contributed by atoms with Crippen molar-refractivity contribution in [3.05, 3.63) is 10.6 Å². The summed E-state index contributed by atoms with van der Waals surface area (Å²) in [4.78, 5) is 0.953. The van der Waals surface area contributed by atoms with Gasteiger partial charge in [-0.25, -0.2) is 0 Å². The van der Waals surface area contributed by atoms with Gasteiger partial charge in [0.15, 0.2) is 0 Å². The zero-order chi connectivity index (χ0) is 12.9. The van der Waals surface area contributed by atoms with Crippen molar-refractivity contribution in [1.29, 1.82) is 0 Å². The molecule has 0 fully saturated rings. The van der Waals surface area contributed by atoms with E-state index in [-0.39, 0.29) is 11.5 Å². The van der Waals surface area contributed by atoms with Crippen molar-refractivity contribution in [3.63, 3.8) is 0 Å². The first-order chi connectivity index (χ1) is 7.96. The normalized spacial score (nSPS) is 13.9. The maximum Gasteiger partial charge on any atom is 0.0917 e. The van der Waals surface area contributed by atoms with Crippen LogP contribution in [0.2, 0.25) is 0 Å². The molecule has 0 aliphatic rings. The number of nitrogens with zero attached hydrogens (tertiary/aromatic N) is 2. The summed E-state index contributed by atoms with van der Waals surface area (Å²) in [6.45, 7) is 8.52. The predicted molar refractivity (Wildman–Crippen MR) is 72.3 cm³/mol. The van der Waals surface area contributed by atoms with E-state index in [1.165, 1.54) is 30.8 Å². The standard InChI is InChI=1S/C13H24N2OS/c1-5-6-7-8-9-10(16)11-12(13(2,3)4)14-15-17-11/h10,16H,5-9H2,1-4H3.